The van der Waals surface area contributed by atoms with Gasteiger partial charge in [-0.3, -0.25) is 14.4 Å². The molecule has 1 aliphatic heterocycles. The van der Waals surface area contributed by atoms with E-state index >= 15 is 0 Å². The Morgan fingerprint density at radius 3 is 2.24 bits per heavy atom. The predicted octanol–water partition coefficient (Wildman–Crippen LogP) is 4.30. The summed E-state index contributed by atoms with van der Waals surface area (Å²) < 4.78 is 20.5. The molecule has 1 aromatic heterocycles. The number of carbonyl (C=O) groups excluding carboxylic acids is 3. The van der Waals surface area contributed by atoms with Crippen LogP contribution in [-0.2, 0) is 20.9 Å². The molecule has 0 unspecified atom stereocenters. The minimum absolute atomic E-state index is 0.0838. The lowest BCUT2D eigenvalue weighted by molar-refractivity contribution is -0.152. The molecule has 1 aliphatic rings. The second-order valence-electron chi connectivity index (χ2n) is 9.84. The first kappa shape index (κ1) is 24.7. The van der Waals surface area contributed by atoms with Crippen molar-refractivity contribution in [2.24, 2.45) is 11.3 Å². The van der Waals surface area contributed by atoms with Gasteiger partial charge >= 0.3 is 5.97 Å². The normalized spacial score (nSPS) is 14.9. The fraction of sp³-hybridized carbons (Fsp3) is 0.500. The van der Waals surface area contributed by atoms with Crippen LogP contribution in [0.1, 0.15) is 60.9 Å². The molecule has 0 bridgehead atoms. The van der Waals surface area contributed by atoms with Gasteiger partial charge in [-0.15, -0.1) is 0 Å². The molecule has 1 saturated heterocycles. The van der Waals surface area contributed by atoms with E-state index in [9.17, 15) is 18.8 Å². The SMILES string of the molecule is Cc1cc(C(=O)COC(=O)C2CCN(C(=O)C(C)(C)C)CC2)c(C)n1Cc1ccc(F)cc1. The summed E-state index contributed by atoms with van der Waals surface area (Å²) in [5, 5.41) is 0. The van der Waals surface area contributed by atoms with Crippen molar-refractivity contribution >= 4 is 17.7 Å². The van der Waals surface area contributed by atoms with Gasteiger partial charge < -0.3 is 14.2 Å². The van der Waals surface area contributed by atoms with Gasteiger partial charge in [0.25, 0.3) is 0 Å². The van der Waals surface area contributed by atoms with Crippen molar-refractivity contribution in [3.05, 3.63) is 58.7 Å². The maximum atomic E-state index is 13.2. The predicted molar refractivity (Wildman–Crippen MR) is 123 cm³/mol. The molecule has 0 spiro atoms. The number of carbonyl (C=O) groups is 3. The number of ether oxygens (including phenoxy) is 1. The summed E-state index contributed by atoms with van der Waals surface area (Å²) >= 11 is 0. The summed E-state index contributed by atoms with van der Waals surface area (Å²) in [6, 6.07) is 8.07. The third-order valence-corrected chi connectivity index (χ3v) is 6.23. The lowest BCUT2D eigenvalue weighted by Crippen LogP contribution is -2.45. The summed E-state index contributed by atoms with van der Waals surface area (Å²) in [5.74, 6) is -1.13. The number of aromatic nitrogens is 1. The number of nitrogens with zero attached hydrogens (tertiary/aromatic N) is 2. The van der Waals surface area contributed by atoms with Crippen LogP contribution in [0, 0.1) is 31.0 Å². The van der Waals surface area contributed by atoms with Gasteiger partial charge in [-0.05, 0) is 50.5 Å². The molecule has 0 atom stereocenters. The number of aryl methyl sites for hydroxylation is 1. The van der Waals surface area contributed by atoms with Gasteiger partial charge in [-0.25, -0.2) is 4.39 Å². The Morgan fingerprint density at radius 2 is 1.67 bits per heavy atom. The topological polar surface area (TPSA) is 68.6 Å². The molecule has 178 valence electrons. The van der Waals surface area contributed by atoms with Crippen LogP contribution < -0.4 is 0 Å². The standard InChI is InChI=1S/C26H33FN2O4/c1-17-14-22(18(2)29(17)15-19-6-8-21(27)9-7-19)23(30)16-33-24(31)20-10-12-28(13-11-20)25(32)26(3,4)5/h6-9,14,20H,10-13,15-16H2,1-5H3. The van der Waals surface area contributed by atoms with Crippen molar-refractivity contribution in [2.75, 3.05) is 19.7 Å². The lowest BCUT2D eigenvalue weighted by Gasteiger charge is -2.34. The van der Waals surface area contributed by atoms with E-state index in [0.717, 1.165) is 17.0 Å². The Bertz CT molecular complexity index is 1030. The molecule has 0 N–H and O–H groups in total. The molecule has 7 heteroatoms. The number of likely N-dealkylation sites (tertiary alicyclic amines) is 1. The first-order valence-electron chi connectivity index (χ1n) is 11.4. The molecule has 0 aliphatic carbocycles. The zero-order valence-corrected chi connectivity index (χ0v) is 20.1. The highest BCUT2D eigenvalue weighted by Crippen LogP contribution is 2.24. The van der Waals surface area contributed by atoms with Gasteiger partial charge in [-0.2, -0.15) is 0 Å². The van der Waals surface area contributed by atoms with Gasteiger partial charge in [0.15, 0.2) is 6.61 Å². The number of amides is 1. The Balaban J connectivity index is 1.55. The number of ketones is 1. The highest BCUT2D eigenvalue weighted by molar-refractivity contribution is 5.99. The third kappa shape index (κ3) is 5.89. The Kier molecular flexibility index (Phi) is 7.40. The highest BCUT2D eigenvalue weighted by Gasteiger charge is 2.33. The van der Waals surface area contributed by atoms with Crippen LogP contribution in [0.4, 0.5) is 4.39 Å². The smallest absolute Gasteiger partial charge is 0.309 e. The molecule has 1 fully saturated rings. The van der Waals surface area contributed by atoms with E-state index in [1.54, 1.807) is 23.1 Å². The summed E-state index contributed by atoms with van der Waals surface area (Å²) in [6.45, 7) is 10.7. The second kappa shape index (κ2) is 9.89. The molecule has 6 nitrogen and oxygen atoms in total. The third-order valence-electron chi connectivity index (χ3n) is 6.23. The number of esters is 1. The molecule has 2 aromatic rings. The van der Waals surface area contributed by atoms with Gasteiger partial charge in [-0.1, -0.05) is 32.9 Å². The van der Waals surface area contributed by atoms with Gasteiger partial charge in [0.05, 0.1) is 5.92 Å². The monoisotopic (exact) mass is 456 g/mol. The molecule has 33 heavy (non-hydrogen) atoms. The number of rotatable bonds is 6. The van der Waals surface area contributed by atoms with E-state index < -0.39 is 5.41 Å². The van der Waals surface area contributed by atoms with Crippen molar-refractivity contribution in [3.8, 4) is 0 Å². The number of Topliss-reactive ketones (excluding diaryl/α,β-unsaturated/α-hetero) is 1. The van der Waals surface area contributed by atoms with Crippen LogP contribution in [0.5, 0.6) is 0 Å². The quantitative estimate of drug-likeness (QED) is 0.480. The molecular weight excluding hydrogens is 423 g/mol. The summed E-state index contributed by atoms with van der Waals surface area (Å²) in [6.07, 6.45) is 1.09. The van der Waals surface area contributed by atoms with Crippen LogP contribution in [-0.4, -0.2) is 46.8 Å². The highest BCUT2D eigenvalue weighted by atomic mass is 19.1. The first-order valence-corrected chi connectivity index (χ1v) is 11.4. The minimum atomic E-state index is -0.442. The average Bonchev–Trinajstić information content (AvgIpc) is 3.06. The molecule has 0 saturated carbocycles. The minimum Gasteiger partial charge on any atom is -0.457 e. The Morgan fingerprint density at radius 1 is 1.06 bits per heavy atom. The Labute approximate surface area is 194 Å². The van der Waals surface area contributed by atoms with Crippen molar-refractivity contribution < 1.29 is 23.5 Å². The summed E-state index contributed by atoms with van der Waals surface area (Å²) in [4.78, 5) is 39.5. The van der Waals surface area contributed by atoms with E-state index in [1.807, 2.05) is 39.2 Å². The molecule has 0 radical (unpaired) electrons. The van der Waals surface area contributed by atoms with Gasteiger partial charge in [0.1, 0.15) is 5.82 Å². The van der Waals surface area contributed by atoms with E-state index in [2.05, 4.69) is 0 Å². The zero-order valence-electron chi connectivity index (χ0n) is 20.1. The van der Waals surface area contributed by atoms with Crippen LogP contribution in [0.15, 0.2) is 30.3 Å². The maximum absolute atomic E-state index is 13.2. The van der Waals surface area contributed by atoms with Gasteiger partial charge in [0, 0.05) is 42.0 Å². The van der Waals surface area contributed by atoms with E-state index in [4.69, 9.17) is 4.74 Å². The van der Waals surface area contributed by atoms with Gasteiger partial charge in [0.2, 0.25) is 11.7 Å². The molecule has 2 heterocycles. The van der Waals surface area contributed by atoms with Crippen LogP contribution in [0.25, 0.3) is 0 Å². The molecular formula is C26H33FN2O4. The fourth-order valence-corrected chi connectivity index (χ4v) is 4.22. The number of hydrogen-bond acceptors (Lipinski definition) is 4. The van der Waals surface area contributed by atoms with E-state index in [0.29, 0.717) is 38.0 Å². The number of hydrogen-bond donors (Lipinski definition) is 0. The van der Waals surface area contributed by atoms with E-state index in [1.165, 1.54) is 12.1 Å². The van der Waals surface area contributed by atoms with Crippen LogP contribution >= 0.6 is 0 Å². The average molecular weight is 457 g/mol. The van der Waals surface area contributed by atoms with Crippen molar-refractivity contribution in [3.63, 3.8) is 0 Å². The molecule has 1 amide bonds. The Hall–Kier alpha value is -2.96. The molecule has 3 rings (SSSR count). The van der Waals surface area contributed by atoms with Crippen LogP contribution in [0.3, 0.4) is 0 Å². The van der Waals surface area contributed by atoms with Crippen molar-refractivity contribution in [2.45, 2.75) is 54.0 Å². The zero-order chi connectivity index (χ0) is 24.3. The fourth-order valence-electron chi connectivity index (χ4n) is 4.22. The number of piperidine rings is 1. The summed E-state index contributed by atoms with van der Waals surface area (Å²) in [7, 11) is 0. The van der Waals surface area contributed by atoms with Crippen molar-refractivity contribution in [1.82, 2.24) is 9.47 Å². The lowest BCUT2D eigenvalue weighted by atomic mass is 9.91. The maximum Gasteiger partial charge on any atom is 0.309 e. The largest absolute Gasteiger partial charge is 0.457 e. The van der Waals surface area contributed by atoms with E-state index in [-0.39, 0.29) is 36.0 Å². The number of halogens is 1. The summed E-state index contributed by atoms with van der Waals surface area (Å²) in [5.41, 5.74) is 2.70. The van der Waals surface area contributed by atoms with Crippen LogP contribution in [0.2, 0.25) is 0 Å². The molecule has 1 aromatic carbocycles. The first-order chi connectivity index (χ1) is 15.5. The number of benzene rings is 1. The second-order valence-corrected chi connectivity index (χ2v) is 9.84. The van der Waals surface area contributed by atoms with Crippen molar-refractivity contribution in [1.29, 1.82) is 0 Å².